The van der Waals surface area contributed by atoms with Gasteiger partial charge >= 0.3 is 0 Å². The van der Waals surface area contributed by atoms with Gasteiger partial charge in [0.15, 0.2) is 11.5 Å². The highest BCUT2D eigenvalue weighted by Crippen LogP contribution is 2.34. The molecule has 202 valence electrons. The van der Waals surface area contributed by atoms with Crippen molar-refractivity contribution in [1.29, 1.82) is 0 Å². The number of hydrogen-bond acceptors (Lipinski definition) is 7. The van der Waals surface area contributed by atoms with Crippen LogP contribution in [0.15, 0.2) is 73.4 Å². The van der Waals surface area contributed by atoms with Crippen LogP contribution in [0, 0.1) is 10.1 Å². The zero-order valence-electron chi connectivity index (χ0n) is 21.6. The zero-order chi connectivity index (χ0) is 28.1. The van der Waals surface area contributed by atoms with E-state index < -0.39 is 4.92 Å². The third kappa shape index (κ3) is 6.54. The van der Waals surface area contributed by atoms with E-state index in [4.69, 9.17) is 14.5 Å². The summed E-state index contributed by atoms with van der Waals surface area (Å²) in [6.45, 7) is 6.42. The van der Waals surface area contributed by atoms with Crippen LogP contribution in [-0.2, 0) is 6.61 Å². The second-order valence-electron chi connectivity index (χ2n) is 8.77. The van der Waals surface area contributed by atoms with Crippen molar-refractivity contribution in [3.63, 3.8) is 0 Å². The average molecular weight is 658 g/mol. The monoisotopic (exact) mass is 656 g/mol. The summed E-state index contributed by atoms with van der Waals surface area (Å²) < 4.78 is 14.6. The van der Waals surface area contributed by atoms with Crippen LogP contribution in [0.3, 0.4) is 0 Å². The van der Waals surface area contributed by atoms with Crippen molar-refractivity contribution in [2.24, 2.45) is 5.10 Å². The Morgan fingerprint density at radius 2 is 1.87 bits per heavy atom. The fourth-order valence-electron chi connectivity index (χ4n) is 3.85. The van der Waals surface area contributed by atoms with E-state index in [-0.39, 0.29) is 23.8 Å². The molecule has 0 aliphatic rings. The molecule has 39 heavy (non-hydrogen) atoms. The van der Waals surface area contributed by atoms with Gasteiger partial charge in [-0.1, -0.05) is 41.9 Å². The normalized spacial score (nSPS) is 12.1. The van der Waals surface area contributed by atoms with Crippen LogP contribution in [0.25, 0.3) is 10.9 Å². The van der Waals surface area contributed by atoms with E-state index in [1.165, 1.54) is 16.8 Å². The van der Waals surface area contributed by atoms with Gasteiger partial charge in [-0.15, -0.1) is 0 Å². The van der Waals surface area contributed by atoms with Crippen LogP contribution in [0.2, 0.25) is 0 Å². The van der Waals surface area contributed by atoms with E-state index >= 15 is 0 Å². The van der Waals surface area contributed by atoms with Crippen molar-refractivity contribution in [2.45, 2.75) is 39.7 Å². The van der Waals surface area contributed by atoms with Crippen molar-refractivity contribution < 1.29 is 14.4 Å². The van der Waals surface area contributed by atoms with Crippen molar-refractivity contribution in [3.8, 4) is 11.5 Å². The highest BCUT2D eigenvalue weighted by Gasteiger charge is 2.17. The zero-order valence-corrected chi connectivity index (χ0v) is 24.7. The first-order chi connectivity index (χ1) is 18.7. The summed E-state index contributed by atoms with van der Waals surface area (Å²) in [5.41, 5.74) is 1.68. The maximum atomic E-state index is 13.4. The molecule has 0 saturated heterocycles. The largest absolute Gasteiger partial charge is 0.490 e. The summed E-state index contributed by atoms with van der Waals surface area (Å²) in [4.78, 5) is 28.8. The summed E-state index contributed by atoms with van der Waals surface area (Å²) >= 11 is 6.99. The van der Waals surface area contributed by atoms with Crippen LogP contribution in [-0.4, -0.2) is 27.4 Å². The molecule has 0 unspecified atom stereocenters. The quantitative estimate of drug-likeness (QED) is 0.101. The Morgan fingerprint density at radius 1 is 1.10 bits per heavy atom. The number of benzene rings is 3. The highest BCUT2D eigenvalue weighted by molar-refractivity contribution is 9.10. The Bertz CT molecular complexity index is 1620. The first-order valence-electron chi connectivity index (χ1n) is 12.3. The molecule has 0 amide bonds. The minimum absolute atomic E-state index is 0.00332. The fraction of sp³-hybridized carbons (Fsp3) is 0.250. The van der Waals surface area contributed by atoms with Crippen LogP contribution >= 0.6 is 31.9 Å². The maximum absolute atomic E-state index is 13.4. The number of nitrogens with zero attached hydrogens (tertiary/aromatic N) is 4. The molecule has 0 spiro atoms. The molecule has 9 nitrogen and oxygen atoms in total. The van der Waals surface area contributed by atoms with Gasteiger partial charge in [-0.05, 0) is 65.2 Å². The third-order valence-corrected chi connectivity index (χ3v) is 7.26. The summed E-state index contributed by atoms with van der Waals surface area (Å²) in [5.74, 6) is 1.52. The van der Waals surface area contributed by atoms with Crippen molar-refractivity contribution in [3.05, 3.63) is 101 Å². The van der Waals surface area contributed by atoms with E-state index in [0.717, 1.165) is 10.9 Å². The van der Waals surface area contributed by atoms with Gasteiger partial charge in [0.05, 0.1) is 28.6 Å². The van der Waals surface area contributed by atoms with E-state index in [9.17, 15) is 14.9 Å². The Labute approximate surface area is 241 Å². The Kier molecular flexibility index (Phi) is 9.13. The second-order valence-corrected chi connectivity index (χ2v) is 10.5. The van der Waals surface area contributed by atoms with Crippen LogP contribution in [0.4, 0.5) is 5.69 Å². The lowest BCUT2D eigenvalue weighted by atomic mass is 10.1. The molecule has 0 aliphatic heterocycles. The van der Waals surface area contributed by atoms with E-state index in [1.807, 2.05) is 32.9 Å². The van der Waals surface area contributed by atoms with Gasteiger partial charge in [-0.3, -0.25) is 14.9 Å². The van der Waals surface area contributed by atoms with E-state index in [2.05, 4.69) is 37.0 Å². The summed E-state index contributed by atoms with van der Waals surface area (Å²) in [7, 11) is 0. The van der Waals surface area contributed by atoms with Gasteiger partial charge in [0.2, 0.25) is 0 Å². The molecular formula is C28H26Br2N4O5. The molecule has 3 aromatic carbocycles. The summed E-state index contributed by atoms with van der Waals surface area (Å²) in [6.07, 6.45) is 2.37. The van der Waals surface area contributed by atoms with Crippen molar-refractivity contribution in [1.82, 2.24) is 9.66 Å². The highest BCUT2D eigenvalue weighted by atomic mass is 79.9. The number of non-ortho nitro benzene ring substituents is 1. The fourth-order valence-corrected chi connectivity index (χ4v) is 4.64. The van der Waals surface area contributed by atoms with Crippen molar-refractivity contribution in [2.75, 3.05) is 6.61 Å². The SMILES string of the molecule is CCOc1cc(C=Nn2c([C@@H](C)CC)nc3ccc(Br)cc3c2=O)c(Br)cc1OCc1cccc([N+](=O)[O-])c1. The number of fused-ring (bicyclic) bond motifs is 1. The smallest absolute Gasteiger partial charge is 0.282 e. The average Bonchev–Trinajstić information content (AvgIpc) is 2.93. The van der Waals surface area contributed by atoms with E-state index in [1.54, 1.807) is 36.5 Å². The molecule has 1 aromatic heterocycles. The molecule has 0 aliphatic carbocycles. The van der Waals surface area contributed by atoms with Crippen LogP contribution in [0.5, 0.6) is 11.5 Å². The lowest BCUT2D eigenvalue weighted by Crippen LogP contribution is -2.23. The number of aromatic nitrogens is 2. The first kappa shape index (κ1) is 28.4. The molecule has 0 bridgehead atoms. The second kappa shape index (κ2) is 12.5. The van der Waals surface area contributed by atoms with Gasteiger partial charge in [0, 0.05) is 32.6 Å². The van der Waals surface area contributed by atoms with Gasteiger partial charge in [-0.2, -0.15) is 9.78 Å². The van der Waals surface area contributed by atoms with Crippen LogP contribution < -0.4 is 15.0 Å². The molecular weight excluding hydrogens is 632 g/mol. The van der Waals surface area contributed by atoms with Gasteiger partial charge in [0.1, 0.15) is 12.4 Å². The standard InChI is InChI=1S/C28H26Br2N4O5/c1-4-17(3)27-32-24-10-9-20(29)13-22(24)28(35)33(27)31-15-19-12-25(38-5-2)26(14-23(19)30)39-16-18-7-6-8-21(11-18)34(36)37/h6-15,17H,4-5,16H2,1-3H3/t17-/m0/s1. The molecule has 1 atom stereocenters. The number of rotatable bonds is 10. The topological polar surface area (TPSA) is 109 Å². The van der Waals surface area contributed by atoms with Gasteiger partial charge < -0.3 is 9.47 Å². The van der Waals surface area contributed by atoms with Crippen LogP contribution in [0.1, 0.15) is 50.1 Å². The summed E-state index contributed by atoms with van der Waals surface area (Å²) in [5, 5.41) is 16.1. The number of halogens is 2. The number of hydrogen-bond donors (Lipinski definition) is 0. The molecule has 0 radical (unpaired) electrons. The number of nitro groups is 1. The molecule has 0 fully saturated rings. The molecule has 1 heterocycles. The predicted molar refractivity (Wildman–Crippen MR) is 158 cm³/mol. The molecule has 0 N–H and O–H groups in total. The summed E-state index contributed by atoms with van der Waals surface area (Å²) in [6, 6.07) is 15.2. The number of nitro benzene ring substituents is 1. The molecule has 4 rings (SSSR count). The maximum Gasteiger partial charge on any atom is 0.282 e. The predicted octanol–water partition coefficient (Wildman–Crippen LogP) is 7.20. The lowest BCUT2D eigenvalue weighted by molar-refractivity contribution is -0.384. The number of ether oxygens (including phenoxy) is 2. The molecule has 11 heteroatoms. The van der Waals surface area contributed by atoms with E-state index in [0.29, 0.717) is 50.4 Å². The first-order valence-corrected chi connectivity index (χ1v) is 13.9. The Balaban J connectivity index is 1.70. The Morgan fingerprint density at radius 3 is 2.59 bits per heavy atom. The molecule has 0 saturated carbocycles. The Hall–Kier alpha value is -3.57. The minimum atomic E-state index is -0.443. The molecule has 4 aromatic rings. The van der Waals surface area contributed by atoms with Gasteiger partial charge in [0.25, 0.3) is 11.2 Å². The lowest BCUT2D eigenvalue weighted by Gasteiger charge is -2.15. The minimum Gasteiger partial charge on any atom is -0.490 e. The van der Waals surface area contributed by atoms with Gasteiger partial charge in [-0.25, -0.2) is 4.98 Å². The third-order valence-electron chi connectivity index (χ3n) is 6.08. The van der Waals surface area contributed by atoms with Crippen molar-refractivity contribution >= 4 is 54.7 Å².